The Labute approximate surface area is 83.0 Å². The van der Waals surface area contributed by atoms with Crippen molar-refractivity contribution in [2.45, 2.75) is 6.18 Å². The third-order valence-corrected chi connectivity index (χ3v) is 1.79. The lowest BCUT2D eigenvalue weighted by molar-refractivity contribution is -0.0688. The Morgan fingerprint density at radius 3 is 2.40 bits per heavy atom. The molecule has 0 radical (unpaired) electrons. The predicted molar refractivity (Wildman–Crippen MR) is 46.9 cm³/mol. The maximum atomic E-state index is 13.0. The standard InChI is InChI=1S/C10H6F4O/c1-6(10(12,13)14)8-4-7(5-15)2-3-9(8)11/h2-5H,1H2. The highest BCUT2D eigenvalue weighted by Gasteiger charge is 2.34. The Morgan fingerprint density at radius 2 is 1.93 bits per heavy atom. The first-order chi connectivity index (χ1) is 6.86. The van der Waals surface area contributed by atoms with E-state index in [4.69, 9.17) is 0 Å². The molecule has 80 valence electrons. The van der Waals surface area contributed by atoms with Gasteiger partial charge in [0.2, 0.25) is 0 Å². The summed E-state index contributed by atoms with van der Waals surface area (Å²) in [4.78, 5) is 10.3. The fourth-order valence-corrected chi connectivity index (χ4v) is 1.00. The molecule has 0 aliphatic carbocycles. The highest BCUT2D eigenvalue weighted by atomic mass is 19.4. The number of hydrogen-bond donors (Lipinski definition) is 0. The molecule has 1 nitrogen and oxygen atoms in total. The van der Waals surface area contributed by atoms with Crippen LogP contribution in [0.2, 0.25) is 0 Å². The maximum Gasteiger partial charge on any atom is 0.416 e. The quantitative estimate of drug-likeness (QED) is 0.550. The zero-order chi connectivity index (χ0) is 11.6. The van der Waals surface area contributed by atoms with Gasteiger partial charge in [-0.1, -0.05) is 6.58 Å². The number of benzene rings is 1. The summed E-state index contributed by atoms with van der Waals surface area (Å²) in [5.41, 5.74) is -2.03. The Morgan fingerprint density at radius 1 is 1.33 bits per heavy atom. The topological polar surface area (TPSA) is 17.1 Å². The van der Waals surface area contributed by atoms with Crippen LogP contribution in [0.3, 0.4) is 0 Å². The van der Waals surface area contributed by atoms with Crippen LogP contribution in [-0.2, 0) is 0 Å². The van der Waals surface area contributed by atoms with E-state index in [1.807, 2.05) is 0 Å². The van der Waals surface area contributed by atoms with Crippen molar-refractivity contribution in [3.8, 4) is 0 Å². The van der Waals surface area contributed by atoms with E-state index in [0.29, 0.717) is 6.29 Å². The molecule has 0 bridgehead atoms. The second-order valence-electron chi connectivity index (χ2n) is 2.83. The van der Waals surface area contributed by atoms with Crippen molar-refractivity contribution in [2.75, 3.05) is 0 Å². The van der Waals surface area contributed by atoms with Crippen LogP contribution < -0.4 is 0 Å². The molecule has 1 aromatic carbocycles. The lowest BCUT2D eigenvalue weighted by Crippen LogP contribution is -2.11. The second kappa shape index (κ2) is 3.84. The largest absolute Gasteiger partial charge is 0.416 e. The average molecular weight is 218 g/mol. The summed E-state index contributed by atoms with van der Waals surface area (Å²) in [7, 11) is 0. The fraction of sp³-hybridized carbons (Fsp3) is 0.100. The number of rotatable bonds is 2. The minimum Gasteiger partial charge on any atom is -0.298 e. The second-order valence-corrected chi connectivity index (χ2v) is 2.83. The number of halogens is 4. The van der Waals surface area contributed by atoms with Gasteiger partial charge in [-0.2, -0.15) is 13.2 Å². The van der Waals surface area contributed by atoms with E-state index in [1.165, 1.54) is 0 Å². The molecule has 0 spiro atoms. The number of allylic oxidation sites excluding steroid dienone is 1. The molecule has 0 atom stereocenters. The van der Waals surface area contributed by atoms with E-state index in [2.05, 4.69) is 6.58 Å². The summed E-state index contributed by atoms with van der Waals surface area (Å²) in [6.45, 7) is 2.75. The van der Waals surface area contributed by atoms with Gasteiger partial charge in [0.15, 0.2) is 0 Å². The van der Waals surface area contributed by atoms with Crippen molar-refractivity contribution in [1.29, 1.82) is 0 Å². The van der Waals surface area contributed by atoms with Crippen LogP contribution in [0.5, 0.6) is 0 Å². The predicted octanol–water partition coefficient (Wildman–Crippen LogP) is 3.21. The number of carbonyl (C=O) groups excluding carboxylic acids is 1. The molecule has 1 rings (SSSR count). The van der Waals surface area contributed by atoms with E-state index in [9.17, 15) is 22.4 Å². The van der Waals surface area contributed by atoms with Gasteiger partial charge in [-0.25, -0.2) is 4.39 Å². The van der Waals surface area contributed by atoms with E-state index in [-0.39, 0.29) is 5.56 Å². The lowest BCUT2D eigenvalue weighted by Gasteiger charge is -2.11. The molecular weight excluding hydrogens is 212 g/mol. The molecule has 0 saturated carbocycles. The van der Waals surface area contributed by atoms with Crippen LogP contribution in [0.4, 0.5) is 17.6 Å². The Balaban J connectivity index is 3.24. The van der Waals surface area contributed by atoms with Crippen molar-refractivity contribution in [3.05, 3.63) is 41.7 Å². The van der Waals surface area contributed by atoms with E-state index in [1.54, 1.807) is 0 Å². The van der Waals surface area contributed by atoms with Gasteiger partial charge in [0.1, 0.15) is 12.1 Å². The van der Waals surface area contributed by atoms with Gasteiger partial charge >= 0.3 is 6.18 Å². The van der Waals surface area contributed by atoms with Crippen LogP contribution >= 0.6 is 0 Å². The molecule has 15 heavy (non-hydrogen) atoms. The lowest BCUT2D eigenvalue weighted by atomic mass is 10.0. The summed E-state index contributed by atoms with van der Waals surface area (Å²) in [5, 5.41) is 0. The monoisotopic (exact) mass is 218 g/mol. The van der Waals surface area contributed by atoms with Crippen molar-refractivity contribution >= 4 is 11.9 Å². The number of hydrogen-bond acceptors (Lipinski definition) is 1. The van der Waals surface area contributed by atoms with E-state index in [0.717, 1.165) is 18.2 Å². The molecule has 5 heteroatoms. The van der Waals surface area contributed by atoms with Crippen LogP contribution in [0.1, 0.15) is 15.9 Å². The zero-order valence-corrected chi connectivity index (χ0v) is 7.44. The summed E-state index contributed by atoms with van der Waals surface area (Å²) < 4.78 is 49.6. The fourth-order valence-electron chi connectivity index (χ4n) is 1.00. The molecule has 0 amide bonds. The first-order valence-electron chi connectivity index (χ1n) is 3.87. The van der Waals surface area contributed by atoms with Crippen LogP contribution in [-0.4, -0.2) is 12.5 Å². The van der Waals surface area contributed by atoms with Crippen LogP contribution in [0, 0.1) is 5.82 Å². The van der Waals surface area contributed by atoms with Gasteiger partial charge in [0.05, 0.1) is 5.57 Å². The smallest absolute Gasteiger partial charge is 0.298 e. The van der Waals surface area contributed by atoms with Crippen molar-refractivity contribution in [1.82, 2.24) is 0 Å². The maximum absolute atomic E-state index is 13.0. The van der Waals surface area contributed by atoms with Gasteiger partial charge in [-0.15, -0.1) is 0 Å². The summed E-state index contributed by atoms with van der Waals surface area (Å²) >= 11 is 0. The molecule has 0 aromatic heterocycles. The highest BCUT2D eigenvalue weighted by Crippen LogP contribution is 2.33. The van der Waals surface area contributed by atoms with Gasteiger partial charge in [0, 0.05) is 11.1 Å². The molecule has 0 heterocycles. The molecule has 0 unspecified atom stereocenters. The molecule has 0 saturated heterocycles. The van der Waals surface area contributed by atoms with Gasteiger partial charge < -0.3 is 0 Å². The number of carbonyl (C=O) groups is 1. The number of alkyl halides is 3. The van der Waals surface area contributed by atoms with Gasteiger partial charge in [-0.05, 0) is 18.2 Å². The van der Waals surface area contributed by atoms with Crippen molar-refractivity contribution < 1.29 is 22.4 Å². The van der Waals surface area contributed by atoms with Gasteiger partial charge in [0.25, 0.3) is 0 Å². The van der Waals surface area contributed by atoms with Crippen molar-refractivity contribution in [2.24, 2.45) is 0 Å². The third kappa shape index (κ3) is 2.43. The highest BCUT2D eigenvalue weighted by molar-refractivity contribution is 5.78. The molecule has 0 fully saturated rings. The number of aldehydes is 1. The molecule has 0 N–H and O–H groups in total. The molecule has 0 aliphatic heterocycles. The van der Waals surface area contributed by atoms with Crippen molar-refractivity contribution in [3.63, 3.8) is 0 Å². The minimum absolute atomic E-state index is 0.0307. The molecule has 1 aromatic rings. The SMILES string of the molecule is C=C(c1cc(C=O)ccc1F)C(F)(F)F. The average Bonchev–Trinajstić information content (AvgIpc) is 2.16. The zero-order valence-electron chi connectivity index (χ0n) is 7.44. The first kappa shape index (κ1) is 11.4. The van der Waals surface area contributed by atoms with E-state index < -0.39 is 23.1 Å². The third-order valence-electron chi connectivity index (χ3n) is 1.79. The van der Waals surface area contributed by atoms with Crippen LogP contribution in [0.15, 0.2) is 24.8 Å². The Bertz CT molecular complexity index is 406. The summed E-state index contributed by atoms with van der Waals surface area (Å²) in [6, 6.07) is 2.71. The molecular formula is C10H6F4O. The minimum atomic E-state index is -4.71. The first-order valence-corrected chi connectivity index (χ1v) is 3.87. The summed E-state index contributed by atoms with van der Waals surface area (Å²) in [5.74, 6) is -1.05. The normalized spacial score (nSPS) is 11.2. The molecule has 0 aliphatic rings. The Kier molecular flexibility index (Phi) is 2.93. The summed E-state index contributed by atoms with van der Waals surface area (Å²) in [6.07, 6.45) is -4.37. The van der Waals surface area contributed by atoms with Crippen LogP contribution in [0.25, 0.3) is 5.57 Å². The van der Waals surface area contributed by atoms with Gasteiger partial charge in [-0.3, -0.25) is 4.79 Å². The Hall–Kier alpha value is -1.65. The van der Waals surface area contributed by atoms with E-state index >= 15 is 0 Å².